The Morgan fingerprint density at radius 3 is 3.19 bits per heavy atom. The van der Waals surface area contributed by atoms with E-state index in [0.29, 0.717) is 0 Å². The highest BCUT2D eigenvalue weighted by Gasteiger charge is 2.17. The molecule has 0 saturated heterocycles. The van der Waals surface area contributed by atoms with E-state index in [0.717, 1.165) is 42.3 Å². The van der Waals surface area contributed by atoms with E-state index < -0.39 is 0 Å². The zero-order chi connectivity index (χ0) is 11.0. The third-order valence-electron chi connectivity index (χ3n) is 2.83. The van der Waals surface area contributed by atoms with E-state index in [2.05, 4.69) is 14.5 Å². The van der Waals surface area contributed by atoms with Gasteiger partial charge in [-0.15, -0.1) is 11.3 Å². The lowest BCUT2D eigenvalue weighted by Crippen LogP contribution is -2.33. The molecule has 0 aliphatic carbocycles. The van der Waals surface area contributed by atoms with Crippen LogP contribution in [-0.4, -0.2) is 22.4 Å². The molecule has 0 saturated carbocycles. The van der Waals surface area contributed by atoms with Crippen molar-refractivity contribution in [2.75, 3.05) is 11.4 Å². The van der Waals surface area contributed by atoms with Gasteiger partial charge in [-0.2, -0.15) is 0 Å². The summed E-state index contributed by atoms with van der Waals surface area (Å²) in [7, 11) is 0. The predicted molar refractivity (Wildman–Crippen MR) is 63.0 cm³/mol. The first-order valence-electron chi connectivity index (χ1n) is 5.15. The molecule has 16 heavy (non-hydrogen) atoms. The van der Waals surface area contributed by atoms with Crippen molar-refractivity contribution in [2.24, 2.45) is 0 Å². The Balaban J connectivity index is 1.85. The van der Waals surface area contributed by atoms with Gasteiger partial charge in [-0.1, -0.05) is 0 Å². The van der Waals surface area contributed by atoms with Gasteiger partial charge >= 0.3 is 0 Å². The molecule has 0 fully saturated rings. The molecule has 0 amide bonds. The van der Waals surface area contributed by atoms with Crippen LogP contribution in [0.15, 0.2) is 23.8 Å². The van der Waals surface area contributed by atoms with Gasteiger partial charge in [0.1, 0.15) is 5.82 Å². The minimum atomic E-state index is 0.781. The van der Waals surface area contributed by atoms with Gasteiger partial charge in [-0.05, 0) is 6.07 Å². The molecule has 82 valence electrons. The third kappa shape index (κ3) is 1.53. The Hall–Kier alpha value is -1.62. The number of carbonyl (C=O) groups is 1. The summed E-state index contributed by atoms with van der Waals surface area (Å²) in [5, 5.41) is 2.03. The first-order valence-corrected chi connectivity index (χ1v) is 6.03. The maximum Gasteiger partial charge on any atom is 0.160 e. The second kappa shape index (κ2) is 3.75. The number of hydrogen-bond donors (Lipinski definition) is 0. The summed E-state index contributed by atoms with van der Waals surface area (Å²) in [6.45, 7) is 2.75. The molecule has 0 radical (unpaired) electrons. The van der Waals surface area contributed by atoms with E-state index in [-0.39, 0.29) is 0 Å². The van der Waals surface area contributed by atoms with E-state index in [1.54, 1.807) is 0 Å². The van der Waals surface area contributed by atoms with Gasteiger partial charge in [-0.3, -0.25) is 4.79 Å². The molecule has 0 bridgehead atoms. The summed E-state index contributed by atoms with van der Waals surface area (Å²) >= 11 is 1.49. The number of thiophene rings is 1. The van der Waals surface area contributed by atoms with Crippen molar-refractivity contribution in [2.45, 2.75) is 13.1 Å². The molecular formula is C11H11N3OS. The second-order valence-corrected chi connectivity index (χ2v) is 4.73. The van der Waals surface area contributed by atoms with Gasteiger partial charge < -0.3 is 9.47 Å². The van der Waals surface area contributed by atoms with Crippen molar-refractivity contribution in [3.05, 3.63) is 34.5 Å². The molecule has 5 heteroatoms. The van der Waals surface area contributed by atoms with E-state index >= 15 is 0 Å². The second-order valence-electron chi connectivity index (χ2n) is 3.78. The van der Waals surface area contributed by atoms with Crippen LogP contribution >= 0.6 is 11.3 Å². The molecule has 2 aromatic heterocycles. The molecule has 3 heterocycles. The highest BCUT2D eigenvalue weighted by atomic mass is 32.1. The summed E-state index contributed by atoms with van der Waals surface area (Å²) < 4.78 is 2.17. The molecule has 1 aliphatic heterocycles. The average Bonchev–Trinajstić information content (AvgIpc) is 2.96. The number of anilines is 1. The lowest BCUT2D eigenvalue weighted by Gasteiger charge is -2.28. The largest absolute Gasteiger partial charge is 0.362 e. The number of carbonyl (C=O) groups excluding carboxylic acids is 1. The van der Waals surface area contributed by atoms with Gasteiger partial charge in [0.15, 0.2) is 6.29 Å². The van der Waals surface area contributed by atoms with Crippen LogP contribution in [0.1, 0.15) is 15.5 Å². The Kier molecular flexibility index (Phi) is 2.25. The van der Waals surface area contributed by atoms with Crippen LogP contribution < -0.4 is 4.90 Å². The van der Waals surface area contributed by atoms with Crippen LogP contribution in [0, 0.1) is 0 Å². The van der Waals surface area contributed by atoms with Crippen molar-refractivity contribution < 1.29 is 4.79 Å². The van der Waals surface area contributed by atoms with Gasteiger partial charge in [0.05, 0.1) is 11.4 Å². The highest BCUT2D eigenvalue weighted by Crippen LogP contribution is 2.25. The summed E-state index contributed by atoms with van der Waals surface area (Å²) in [6, 6.07) is 1.94. The van der Waals surface area contributed by atoms with Gasteiger partial charge in [0.2, 0.25) is 0 Å². The van der Waals surface area contributed by atoms with Crippen molar-refractivity contribution in [1.29, 1.82) is 0 Å². The zero-order valence-electron chi connectivity index (χ0n) is 8.67. The fourth-order valence-corrected chi connectivity index (χ4v) is 2.68. The van der Waals surface area contributed by atoms with Crippen LogP contribution in [0.5, 0.6) is 0 Å². The Morgan fingerprint density at radius 1 is 1.44 bits per heavy atom. The van der Waals surface area contributed by atoms with E-state index in [4.69, 9.17) is 0 Å². The molecule has 0 atom stereocenters. The van der Waals surface area contributed by atoms with Crippen LogP contribution in [0.2, 0.25) is 0 Å². The first-order chi connectivity index (χ1) is 7.86. The fourth-order valence-electron chi connectivity index (χ4n) is 1.96. The number of rotatable bonds is 2. The van der Waals surface area contributed by atoms with Crippen LogP contribution in [-0.2, 0) is 13.1 Å². The van der Waals surface area contributed by atoms with E-state index in [9.17, 15) is 4.79 Å². The number of aromatic nitrogens is 2. The lowest BCUT2D eigenvalue weighted by molar-refractivity contribution is 0.112. The smallest absolute Gasteiger partial charge is 0.160 e. The van der Waals surface area contributed by atoms with Crippen LogP contribution in [0.25, 0.3) is 0 Å². The summed E-state index contributed by atoms with van der Waals surface area (Å²) in [6.07, 6.45) is 4.75. The van der Waals surface area contributed by atoms with E-state index in [1.165, 1.54) is 11.3 Å². The molecule has 0 N–H and O–H groups in total. The summed E-state index contributed by atoms with van der Waals surface area (Å²) in [4.78, 5) is 18.0. The molecular weight excluding hydrogens is 222 g/mol. The predicted octanol–water partition coefficient (Wildman–Crippen LogP) is 1.78. The summed E-state index contributed by atoms with van der Waals surface area (Å²) in [5.74, 6) is 1.09. The van der Waals surface area contributed by atoms with Crippen molar-refractivity contribution in [3.63, 3.8) is 0 Å². The molecule has 0 aromatic carbocycles. The number of hydrogen-bond acceptors (Lipinski definition) is 4. The molecule has 0 unspecified atom stereocenters. The number of imidazole rings is 1. The van der Waals surface area contributed by atoms with Crippen molar-refractivity contribution >= 4 is 23.3 Å². The van der Waals surface area contributed by atoms with Crippen molar-refractivity contribution in [3.8, 4) is 0 Å². The number of aldehydes is 1. The average molecular weight is 233 g/mol. The van der Waals surface area contributed by atoms with Crippen molar-refractivity contribution in [1.82, 2.24) is 9.55 Å². The fraction of sp³-hybridized carbons (Fsp3) is 0.273. The van der Waals surface area contributed by atoms with Crippen LogP contribution in [0.4, 0.5) is 5.69 Å². The monoisotopic (exact) mass is 233 g/mol. The molecule has 2 aromatic rings. The Morgan fingerprint density at radius 2 is 2.38 bits per heavy atom. The third-order valence-corrected chi connectivity index (χ3v) is 3.68. The maximum atomic E-state index is 10.6. The molecule has 3 rings (SSSR count). The lowest BCUT2D eigenvalue weighted by atomic mass is 10.3. The Bertz CT molecular complexity index is 517. The highest BCUT2D eigenvalue weighted by molar-refractivity contribution is 7.12. The minimum absolute atomic E-state index is 0.781. The first kappa shape index (κ1) is 9.59. The zero-order valence-corrected chi connectivity index (χ0v) is 9.48. The number of nitrogens with zero attached hydrogens (tertiary/aromatic N) is 3. The molecule has 0 spiro atoms. The number of fused-ring (bicyclic) bond motifs is 1. The molecule has 4 nitrogen and oxygen atoms in total. The normalized spacial score (nSPS) is 14.9. The van der Waals surface area contributed by atoms with Gasteiger partial charge in [-0.25, -0.2) is 4.98 Å². The standard InChI is InChI=1S/C11H11N3OS/c15-7-10-5-9(8-16-10)14-4-3-13-2-1-12-11(13)6-14/h1-2,5,7-8H,3-4,6H2. The van der Waals surface area contributed by atoms with Crippen LogP contribution in [0.3, 0.4) is 0 Å². The van der Waals surface area contributed by atoms with Gasteiger partial charge in [0, 0.05) is 36.6 Å². The van der Waals surface area contributed by atoms with E-state index in [1.807, 2.05) is 23.8 Å². The SMILES string of the molecule is O=Cc1cc(N2CCn3ccnc3C2)cs1. The minimum Gasteiger partial charge on any atom is -0.362 e. The van der Waals surface area contributed by atoms with Gasteiger partial charge in [0.25, 0.3) is 0 Å². The summed E-state index contributed by atoms with van der Waals surface area (Å²) in [5.41, 5.74) is 1.13. The quantitative estimate of drug-likeness (QED) is 0.742. The Labute approximate surface area is 97.1 Å². The topological polar surface area (TPSA) is 38.1 Å². The maximum absolute atomic E-state index is 10.6. The molecule has 1 aliphatic rings.